The Morgan fingerprint density at radius 2 is 1.36 bits per heavy atom. The number of amides is 1. The Hall–Kier alpha value is -3.16. The monoisotopic (exact) mass is 445 g/mol. The molecule has 2 fully saturated rings. The van der Waals surface area contributed by atoms with Crippen LogP contribution in [0.3, 0.4) is 0 Å². The fourth-order valence-corrected chi connectivity index (χ4v) is 4.59. The van der Waals surface area contributed by atoms with Crippen LogP contribution in [0.1, 0.15) is 21.9 Å². The molecule has 3 aromatic rings. The molecule has 1 amide bonds. The zero-order chi connectivity index (χ0) is 22.5. The van der Waals surface area contributed by atoms with Gasteiger partial charge in [0.2, 0.25) is 5.89 Å². The lowest BCUT2D eigenvalue weighted by atomic mass is 10.2. The fraction of sp³-hybridized carbons (Fsp3) is 0.385. The zero-order valence-corrected chi connectivity index (χ0v) is 19.0. The molecule has 0 spiro atoms. The molecule has 2 aliphatic heterocycles. The average Bonchev–Trinajstić information content (AvgIpc) is 3.34. The van der Waals surface area contributed by atoms with E-state index in [1.807, 2.05) is 23.1 Å². The second-order valence-corrected chi connectivity index (χ2v) is 8.78. The largest absolute Gasteiger partial charge is 0.447 e. The molecule has 3 heterocycles. The molecule has 172 valence electrons. The van der Waals surface area contributed by atoms with Gasteiger partial charge < -0.3 is 14.2 Å². The fourth-order valence-electron chi connectivity index (χ4n) is 4.59. The predicted molar refractivity (Wildman–Crippen MR) is 128 cm³/mol. The van der Waals surface area contributed by atoms with Gasteiger partial charge in [-0.05, 0) is 17.7 Å². The molecule has 0 bridgehead atoms. The number of benzene rings is 2. The van der Waals surface area contributed by atoms with Crippen molar-refractivity contribution < 1.29 is 9.21 Å². The van der Waals surface area contributed by atoms with Crippen LogP contribution in [0.4, 0.5) is 5.69 Å². The van der Waals surface area contributed by atoms with Crippen LogP contribution in [0.15, 0.2) is 71.3 Å². The summed E-state index contributed by atoms with van der Waals surface area (Å²) in [6, 6.07) is 21.0. The van der Waals surface area contributed by atoms with Gasteiger partial charge in [0.05, 0.1) is 6.54 Å². The van der Waals surface area contributed by atoms with E-state index in [-0.39, 0.29) is 5.91 Å². The van der Waals surface area contributed by atoms with Gasteiger partial charge in [-0.1, -0.05) is 48.5 Å². The van der Waals surface area contributed by atoms with Gasteiger partial charge in [0.15, 0.2) is 5.69 Å². The normalized spacial score (nSPS) is 17.9. The molecule has 33 heavy (non-hydrogen) atoms. The van der Waals surface area contributed by atoms with Crippen LogP contribution in [0, 0.1) is 0 Å². The highest BCUT2D eigenvalue weighted by molar-refractivity contribution is 5.92. The Labute approximate surface area is 195 Å². The van der Waals surface area contributed by atoms with Gasteiger partial charge in [-0.2, -0.15) is 0 Å². The highest BCUT2D eigenvalue weighted by Crippen LogP contribution is 2.17. The summed E-state index contributed by atoms with van der Waals surface area (Å²) in [5.74, 6) is 0.586. The third kappa shape index (κ3) is 5.43. The molecule has 2 aliphatic rings. The predicted octanol–water partition coefficient (Wildman–Crippen LogP) is 2.95. The summed E-state index contributed by atoms with van der Waals surface area (Å²) in [6.45, 7) is 8.66. The van der Waals surface area contributed by atoms with E-state index in [0.29, 0.717) is 31.2 Å². The van der Waals surface area contributed by atoms with E-state index in [1.54, 1.807) is 0 Å². The maximum absolute atomic E-state index is 12.9. The average molecular weight is 446 g/mol. The van der Waals surface area contributed by atoms with Crippen molar-refractivity contribution in [3.8, 4) is 0 Å². The molecule has 7 heteroatoms. The highest BCUT2D eigenvalue weighted by atomic mass is 16.3. The first-order valence-corrected chi connectivity index (χ1v) is 11.8. The van der Waals surface area contributed by atoms with E-state index in [2.05, 4.69) is 62.1 Å². The van der Waals surface area contributed by atoms with Crippen molar-refractivity contribution >= 4 is 11.6 Å². The minimum atomic E-state index is -0.0367. The Morgan fingerprint density at radius 3 is 2.03 bits per heavy atom. The number of rotatable bonds is 6. The summed E-state index contributed by atoms with van der Waals surface area (Å²) in [7, 11) is 0. The summed E-state index contributed by atoms with van der Waals surface area (Å²) in [5.41, 5.74) is 2.98. The van der Waals surface area contributed by atoms with Gasteiger partial charge in [-0.3, -0.25) is 14.6 Å². The number of hydrogen-bond donors (Lipinski definition) is 0. The zero-order valence-electron chi connectivity index (χ0n) is 19.0. The molecule has 0 saturated carbocycles. The molecule has 0 unspecified atom stereocenters. The van der Waals surface area contributed by atoms with Crippen molar-refractivity contribution in [2.24, 2.45) is 0 Å². The van der Waals surface area contributed by atoms with Crippen molar-refractivity contribution in [3.05, 3.63) is 84.1 Å². The number of hydrogen-bond acceptors (Lipinski definition) is 6. The van der Waals surface area contributed by atoms with Gasteiger partial charge >= 0.3 is 0 Å². The number of piperazine rings is 2. The summed E-state index contributed by atoms with van der Waals surface area (Å²) < 4.78 is 5.67. The molecule has 1 aromatic heterocycles. The Bertz CT molecular complexity index is 1020. The van der Waals surface area contributed by atoms with E-state index in [0.717, 1.165) is 45.8 Å². The minimum Gasteiger partial charge on any atom is -0.447 e. The maximum atomic E-state index is 12.9. The van der Waals surface area contributed by atoms with Crippen molar-refractivity contribution in [2.45, 2.75) is 13.1 Å². The first kappa shape index (κ1) is 21.7. The second-order valence-electron chi connectivity index (χ2n) is 8.78. The third-order valence-corrected chi connectivity index (χ3v) is 6.53. The minimum absolute atomic E-state index is 0.0367. The Kier molecular flexibility index (Phi) is 6.69. The number of anilines is 1. The van der Waals surface area contributed by atoms with Gasteiger partial charge in [0.25, 0.3) is 5.91 Å². The molecular formula is C26H31N5O2. The lowest BCUT2D eigenvalue weighted by Gasteiger charge is -2.35. The smallest absolute Gasteiger partial charge is 0.275 e. The molecule has 0 radical (unpaired) electrons. The SMILES string of the molecule is O=C(c1coc(CN2CCN(Cc3ccccc3)CC2)n1)N1CCN(c2ccccc2)CC1. The van der Waals surface area contributed by atoms with Crippen molar-refractivity contribution in [3.63, 3.8) is 0 Å². The molecule has 7 nitrogen and oxygen atoms in total. The van der Waals surface area contributed by atoms with E-state index in [4.69, 9.17) is 4.42 Å². The number of nitrogens with zero attached hydrogens (tertiary/aromatic N) is 5. The Morgan fingerprint density at radius 1 is 0.758 bits per heavy atom. The number of oxazole rings is 1. The molecule has 0 atom stereocenters. The van der Waals surface area contributed by atoms with Crippen LogP contribution in [-0.4, -0.2) is 77.9 Å². The van der Waals surface area contributed by atoms with Crippen LogP contribution in [0.5, 0.6) is 0 Å². The maximum Gasteiger partial charge on any atom is 0.275 e. The van der Waals surface area contributed by atoms with Crippen molar-refractivity contribution in [1.29, 1.82) is 0 Å². The lowest BCUT2D eigenvalue weighted by Crippen LogP contribution is -2.48. The summed E-state index contributed by atoms with van der Waals surface area (Å²) >= 11 is 0. The summed E-state index contributed by atoms with van der Waals surface area (Å²) in [6.07, 6.45) is 1.52. The second kappa shape index (κ2) is 10.2. The van der Waals surface area contributed by atoms with Gasteiger partial charge in [0, 0.05) is 64.6 Å². The van der Waals surface area contributed by atoms with Crippen LogP contribution in [0.2, 0.25) is 0 Å². The number of carbonyl (C=O) groups is 1. The van der Waals surface area contributed by atoms with Crippen LogP contribution < -0.4 is 4.90 Å². The number of carbonyl (C=O) groups excluding carboxylic acids is 1. The van der Waals surface area contributed by atoms with Gasteiger partial charge in [-0.15, -0.1) is 0 Å². The van der Waals surface area contributed by atoms with Gasteiger partial charge in [0.1, 0.15) is 6.26 Å². The van der Waals surface area contributed by atoms with E-state index < -0.39 is 0 Å². The number of aromatic nitrogens is 1. The third-order valence-electron chi connectivity index (χ3n) is 6.53. The van der Waals surface area contributed by atoms with Crippen molar-refractivity contribution in [2.75, 3.05) is 57.3 Å². The first-order valence-electron chi connectivity index (χ1n) is 11.8. The summed E-state index contributed by atoms with van der Waals surface area (Å²) in [4.78, 5) is 26.5. The lowest BCUT2D eigenvalue weighted by molar-refractivity contribution is 0.0740. The summed E-state index contributed by atoms with van der Waals surface area (Å²) in [5, 5.41) is 0. The van der Waals surface area contributed by atoms with Crippen LogP contribution in [0.25, 0.3) is 0 Å². The van der Waals surface area contributed by atoms with E-state index in [9.17, 15) is 4.79 Å². The molecule has 2 saturated heterocycles. The van der Waals surface area contributed by atoms with E-state index >= 15 is 0 Å². The van der Waals surface area contributed by atoms with Gasteiger partial charge in [-0.25, -0.2) is 4.98 Å². The molecule has 2 aromatic carbocycles. The highest BCUT2D eigenvalue weighted by Gasteiger charge is 2.25. The molecule has 5 rings (SSSR count). The van der Waals surface area contributed by atoms with Crippen molar-refractivity contribution in [1.82, 2.24) is 19.7 Å². The molecule has 0 aliphatic carbocycles. The molecule has 0 N–H and O–H groups in total. The topological polar surface area (TPSA) is 56.1 Å². The Balaban J connectivity index is 1.09. The number of para-hydroxylation sites is 1. The first-order chi connectivity index (χ1) is 16.2. The molecular weight excluding hydrogens is 414 g/mol. The van der Waals surface area contributed by atoms with E-state index in [1.165, 1.54) is 17.5 Å². The standard InChI is InChI=1S/C26H31N5O2/c32-26(31-17-15-30(16-18-31)23-9-5-2-6-10-23)24-21-33-25(27-24)20-29-13-11-28(12-14-29)19-22-7-3-1-4-8-22/h1-10,21H,11-20H2. The quantitative estimate of drug-likeness (QED) is 0.582. The van der Waals surface area contributed by atoms with Crippen LogP contribution >= 0.6 is 0 Å². The van der Waals surface area contributed by atoms with Crippen LogP contribution in [-0.2, 0) is 13.1 Å².